The van der Waals surface area contributed by atoms with Crippen LogP contribution in [-0.4, -0.2) is 0 Å². The summed E-state index contributed by atoms with van der Waals surface area (Å²) in [4.78, 5) is 0. The van der Waals surface area contributed by atoms with Crippen molar-refractivity contribution in [2.75, 3.05) is 10.6 Å². The number of rotatable bonds is 4. The highest BCUT2D eigenvalue weighted by atomic mass is 14.9. The summed E-state index contributed by atoms with van der Waals surface area (Å²) in [7, 11) is 0. The average Bonchev–Trinajstić information content (AvgIpc) is 2.53. The Morgan fingerprint density at radius 1 is 0.565 bits per heavy atom. The molecule has 0 aromatic heterocycles. The minimum Gasteiger partial charge on any atom is -0.356 e. The van der Waals surface area contributed by atoms with Crippen LogP contribution in [0.15, 0.2) is 66.7 Å². The van der Waals surface area contributed by atoms with Crippen LogP contribution in [0.2, 0.25) is 0 Å². The van der Waals surface area contributed by atoms with Gasteiger partial charge in [-0.05, 0) is 79.9 Å². The third-order valence-electron chi connectivity index (χ3n) is 3.86. The molecular formula is C21H22N2. The average molecular weight is 302 g/mol. The summed E-state index contributed by atoms with van der Waals surface area (Å²) < 4.78 is 0. The van der Waals surface area contributed by atoms with Crippen molar-refractivity contribution in [3.05, 3.63) is 83.4 Å². The van der Waals surface area contributed by atoms with Crippen LogP contribution in [0.1, 0.15) is 16.7 Å². The van der Waals surface area contributed by atoms with Crippen molar-refractivity contribution in [1.29, 1.82) is 0 Å². The molecule has 3 aromatic rings. The van der Waals surface area contributed by atoms with E-state index in [1.54, 1.807) is 0 Å². The molecule has 0 saturated carbocycles. The van der Waals surface area contributed by atoms with E-state index < -0.39 is 0 Å². The minimum atomic E-state index is 1.09. The van der Waals surface area contributed by atoms with Crippen LogP contribution in [-0.2, 0) is 0 Å². The molecule has 0 saturated heterocycles. The van der Waals surface area contributed by atoms with Crippen LogP contribution in [0.4, 0.5) is 22.7 Å². The Morgan fingerprint density at radius 3 is 1.91 bits per heavy atom. The van der Waals surface area contributed by atoms with E-state index in [0.29, 0.717) is 0 Å². The second-order valence-corrected chi connectivity index (χ2v) is 6.02. The monoisotopic (exact) mass is 302 g/mol. The molecule has 0 aliphatic carbocycles. The summed E-state index contributed by atoms with van der Waals surface area (Å²) in [6.07, 6.45) is 0. The zero-order valence-electron chi connectivity index (χ0n) is 13.9. The molecule has 0 atom stereocenters. The molecule has 0 heterocycles. The highest BCUT2D eigenvalue weighted by Gasteiger charge is 2.00. The summed E-state index contributed by atoms with van der Waals surface area (Å²) in [5.74, 6) is 0. The van der Waals surface area contributed by atoms with Gasteiger partial charge in [-0.15, -0.1) is 0 Å². The van der Waals surface area contributed by atoms with Crippen molar-refractivity contribution in [2.24, 2.45) is 0 Å². The largest absolute Gasteiger partial charge is 0.356 e. The predicted molar refractivity (Wildman–Crippen MR) is 100 cm³/mol. The van der Waals surface area contributed by atoms with Crippen LogP contribution >= 0.6 is 0 Å². The maximum absolute atomic E-state index is 3.49. The van der Waals surface area contributed by atoms with E-state index in [1.165, 1.54) is 16.7 Å². The van der Waals surface area contributed by atoms with Gasteiger partial charge in [0.1, 0.15) is 0 Å². The van der Waals surface area contributed by atoms with Crippen LogP contribution in [0.25, 0.3) is 0 Å². The second kappa shape index (κ2) is 6.57. The number of benzene rings is 3. The van der Waals surface area contributed by atoms with Crippen LogP contribution in [0.3, 0.4) is 0 Å². The van der Waals surface area contributed by atoms with E-state index in [9.17, 15) is 0 Å². The van der Waals surface area contributed by atoms with Gasteiger partial charge < -0.3 is 10.6 Å². The fraction of sp³-hybridized carbons (Fsp3) is 0.143. The van der Waals surface area contributed by atoms with Gasteiger partial charge in [0, 0.05) is 22.7 Å². The normalized spacial score (nSPS) is 10.4. The highest BCUT2D eigenvalue weighted by Crippen LogP contribution is 2.24. The Labute approximate surface area is 138 Å². The van der Waals surface area contributed by atoms with E-state index >= 15 is 0 Å². The van der Waals surface area contributed by atoms with Crippen LogP contribution < -0.4 is 10.6 Å². The highest BCUT2D eigenvalue weighted by molar-refractivity contribution is 5.67. The molecule has 3 rings (SSSR count). The van der Waals surface area contributed by atoms with E-state index in [1.807, 2.05) is 0 Å². The molecule has 0 fully saturated rings. The van der Waals surface area contributed by atoms with Crippen molar-refractivity contribution in [1.82, 2.24) is 0 Å². The first-order valence-electron chi connectivity index (χ1n) is 7.88. The van der Waals surface area contributed by atoms with E-state index in [0.717, 1.165) is 22.7 Å². The summed E-state index contributed by atoms with van der Waals surface area (Å²) >= 11 is 0. The molecule has 0 aliphatic rings. The predicted octanol–water partition coefficient (Wildman–Crippen LogP) is 6.10. The zero-order valence-corrected chi connectivity index (χ0v) is 13.9. The molecule has 0 amide bonds. The Kier molecular flexibility index (Phi) is 4.33. The molecule has 0 unspecified atom stereocenters. The van der Waals surface area contributed by atoms with E-state index in [2.05, 4.69) is 98.1 Å². The Hall–Kier alpha value is -2.74. The first kappa shape index (κ1) is 15.2. The quantitative estimate of drug-likeness (QED) is 0.608. The van der Waals surface area contributed by atoms with Crippen LogP contribution in [0, 0.1) is 20.8 Å². The SMILES string of the molecule is Cc1cccc(Nc2ccc(Nc3cc(C)ccc3C)cc2)c1. The van der Waals surface area contributed by atoms with E-state index in [-0.39, 0.29) is 0 Å². The first-order valence-corrected chi connectivity index (χ1v) is 7.88. The number of hydrogen-bond donors (Lipinski definition) is 2. The van der Waals surface area contributed by atoms with Crippen molar-refractivity contribution in [3.8, 4) is 0 Å². The maximum atomic E-state index is 3.49. The van der Waals surface area contributed by atoms with Gasteiger partial charge in [0.15, 0.2) is 0 Å². The van der Waals surface area contributed by atoms with Gasteiger partial charge in [0.25, 0.3) is 0 Å². The maximum Gasteiger partial charge on any atom is 0.0416 e. The lowest BCUT2D eigenvalue weighted by atomic mass is 10.1. The number of anilines is 4. The van der Waals surface area contributed by atoms with Gasteiger partial charge in [0.05, 0.1) is 0 Å². The number of aryl methyl sites for hydroxylation is 3. The molecule has 2 nitrogen and oxygen atoms in total. The minimum absolute atomic E-state index is 1.09. The molecule has 0 bridgehead atoms. The molecule has 0 radical (unpaired) electrons. The van der Waals surface area contributed by atoms with Gasteiger partial charge in [-0.1, -0.05) is 24.3 Å². The van der Waals surface area contributed by atoms with E-state index in [4.69, 9.17) is 0 Å². The summed E-state index contributed by atoms with van der Waals surface area (Å²) in [6.45, 7) is 6.33. The smallest absolute Gasteiger partial charge is 0.0416 e. The Balaban J connectivity index is 1.73. The Bertz CT molecular complexity index is 804. The lowest BCUT2D eigenvalue weighted by Gasteiger charge is -2.12. The lowest BCUT2D eigenvalue weighted by molar-refractivity contribution is 1.37. The topological polar surface area (TPSA) is 24.1 Å². The van der Waals surface area contributed by atoms with Gasteiger partial charge >= 0.3 is 0 Å². The third kappa shape index (κ3) is 3.92. The van der Waals surface area contributed by atoms with Gasteiger partial charge in [-0.3, -0.25) is 0 Å². The molecule has 0 aliphatic heterocycles. The van der Waals surface area contributed by atoms with Gasteiger partial charge in [0.2, 0.25) is 0 Å². The molecule has 2 heteroatoms. The number of hydrogen-bond acceptors (Lipinski definition) is 2. The molecule has 116 valence electrons. The zero-order chi connectivity index (χ0) is 16.2. The fourth-order valence-corrected chi connectivity index (χ4v) is 2.55. The second-order valence-electron chi connectivity index (χ2n) is 6.02. The van der Waals surface area contributed by atoms with Gasteiger partial charge in [-0.2, -0.15) is 0 Å². The van der Waals surface area contributed by atoms with Crippen molar-refractivity contribution in [2.45, 2.75) is 20.8 Å². The van der Waals surface area contributed by atoms with Crippen molar-refractivity contribution in [3.63, 3.8) is 0 Å². The lowest BCUT2D eigenvalue weighted by Crippen LogP contribution is -1.95. The molecular weight excluding hydrogens is 280 g/mol. The fourth-order valence-electron chi connectivity index (χ4n) is 2.55. The van der Waals surface area contributed by atoms with Gasteiger partial charge in [-0.25, -0.2) is 0 Å². The summed E-state index contributed by atoms with van der Waals surface area (Å²) in [5, 5.41) is 6.91. The van der Waals surface area contributed by atoms with Crippen molar-refractivity contribution >= 4 is 22.7 Å². The third-order valence-corrected chi connectivity index (χ3v) is 3.86. The van der Waals surface area contributed by atoms with Crippen molar-refractivity contribution < 1.29 is 0 Å². The molecule has 23 heavy (non-hydrogen) atoms. The van der Waals surface area contributed by atoms with Crippen LogP contribution in [0.5, 0.6) is 0 Å². The number of nitrogens with one attached hydrogen (secondary N) is 2. The first-order chi connectivity index (χ1) is 11.1. The standard InChI is InChI=1S/C21H22N2/c1-15-5-4-6-20(13-15)22-18-9-11-19(12-10-18)23-21-14-16(2)7-8-17(21)3/h4-14,22-23H,1-3H3. The molecule has 2 N–H and O–H groups in total. The Morgan fingerprint density at radius 2 is 1.22 bits per heavy atom. The summed E-state index contributed by atoms with van der Waals surface area (Å²) in [6, 6.07) is 23.2. The molecule has 0 spiro atoms. The summed E-state index contributed by atoms with van der Waals surface area (Å²) in [5.41, 5.74) is 8.21. The molecule has 3 aromatic carbocycles.